The van der Waals surface area contributed by atoms with Crippen LogP contribution in [0.15, 0.2) is 17.4 Å². The van der Waals surface area contributed by atoms with E-state index in [0.717, 1.165) is 23.7 Å². The number of ether oxygens (including phenoxy) is 1. The number of carbonyl (C=O) groups excluding carboxylic acids is 1. The van der Waals surface area contributed by atoms with E-state index in [1.165, 1.54) is 7.11 Å². The van der Waals surface area contributed by atoms with Crippen LogP contribution < -0.4 is 5.73 Å². The van der Waals surface area contributed by atoms with Crippen LogP contribution >= 0.6 is 11.8 Å². The van der Waals surface area contributed by atoms with Crippen LogP contribution in [0, 0.1) is 6.92 Å². The predicted octanol–water partition coefficient (Wildman–Crippen LogP) is 1.69. The van der Waals surface area contributed by atoms with Crippen molar-refractivity contribution in [2.45, 2.75) is 48.6 Å². The molecule has 2 atom stereocenters. The van der Waals surface area contributed by atoms with Crippen LogP contribution in [0.4, 0.5) is 0 Å². The van der Waals surface area contributed by atoms with Gasteiger partial charge in [-0.2, -0.15) is 0 Å². The Kier molecular flexibility index (Phi) is 4.42. The number of methoxy groups -OCH3 is 1. The quantitative estimate of drug-likeness (QED) is 0.671. The number of thioether (sulfide) groups is 1. The first-order valence-electron chi connectivity index (χ1n) is 6.37. The van der Waals surface area contributed by atoms with Crippen molar-refractivity contribution in [3.8, 4) is 0 Å². The first kappa shape index (κ1) is 14.3. The van der Waals surface area contributed by atoms with E-state index in [9.17, 15) is 4.79 Å². The molecule has 0 spiro atoms. The molecule has 1 aliphatic carbocycles. The summed E-state index contributed by atoms with van der Waals surface area (Å²) in [6.07, 6.45) is 5.00. The van der Waals surface area contributed by atoms with Gasteiger partial charge in [0.2, 0.25) is 0 Å². The van der Waals surface area contributed by atoms with Gasteiger partial charge in [-0.3, -0.25) is 4.79 Å². The molecule has 1 fully saturated rings. The third-order valence-electron chi connectivity index (χ3n) is 3.38. The van der Waals surface area contributed by atoms with E-state index in [1.54, 1.807) is 18.0 Å². The summed E-state index contributed by atoms with van der Waals surface area (Å²) in [6.45, 7) is 1.94. The third kappa shape index (κ3) is 3.45. The smallest absolute Gasteiger partial charge is 0.325 e. The highest BCUT2D eigenvalue weighted by Gasteiger charge is 2.40. The van der Waals surface area contributed by atoms with Crippen molar-refractivity contribution in [2.24, 2.45) is 5.73 Å². The molecule has 2 rings (SSSR count). The number of esters is 1. The van der Waals surface area contributed by atoms with E-state index in [-0.39, 0.29) is 11.2 Å². The van der Waals surface area contributed by atoms with E-state index < -0.39 is 5.54 Å². The first-order chi connectivity index (χ1) is 9.03. The molecule has 104 valence electrons. The molecule has 0 aliphatic heterocycles. The predicted molar refractivity (Wildman–Crippen MR) is 73.8 cm³/mol. The monoisotopic (exact) mass is 281 g/mol. The Morgan fingerprint density at radius 2 is 2.42 bits per heavy atom. The maximum atomic E-state index is 11.8. The molecule has 5 nitrogen and oxygen atoms in total. The van der Waals surface area contributed by atoms with Gasteiger partial charge >= 0.3 is 5.97 Å². The maximum Gasteiger partial charge on any atom is 0.325 e. The van der Waals surface area contributed by atoms with Crippen molar-refractivity contribution in [1.82, 2.24) is 9.97 Å². The van der Waals surface area contributed by atoms with E-state index in [0.29, 0.717) is 12.8 Å². The minimum atomic E-state index is -0.853. The fourth-order valence-corrected chi connectivity index (χ4v) is 3.66. The van der Waals surface area contributed by atoms with E-state index in [1.807, 2.05) is 13.0 Å². The number of carbonyl (C=O) groups is 1. The molecule has 0 aromatic carbocycles. The Labute approximate surface area is 117 Å². The van der Waals surface area contributed by atoms with E-state index >= 15 is 0 Å². The van der Waals surface area contributed by atoms with Gasteiger partial charge in [0.25, 0.3) is 0 Å². The molecule has 1 heterocycles. The highest BCUT2D eigenvalue weighted by atomic mass is 32.2. The van der Waals surface area contributed by atoms with E-state index in [2.05, 4.69) is 9.97 Å². The van der Waals surface area contributed by atoms with Crippen molar-refractivity contribution >= 4 is 17.7 Å². The summed E-state index contributed by atoms with van der Waals surface area (Å²) < 4.78 is 4.81. The topological polar surface area (TPSA) is 78.1 Å². The van der Waals surface area contributed by atoms with Gasteiger partial charge in [-0.05, 0) is 38.7 Å². The lowest BCUT2D eigenvalue weighted by Crippen LogP contribution is -2.52. The van der Waals surface area contributed by atoms with Gasteiger partial charge in [-0.1, -0.05) is 11.8 Å². The molecular formula is C13H19N3O2S. The molecule has 2 N–H and O–H groups in total. The van der Waals surface area contributed by atoms with Gasteiger partial charge in [-0.25, -0.2) is 9.97 Å². The van der Waals surface area contributed by atoms with E-state index in [4.69, 9.17) is 10.5 Å². The van der Waals surface area contributed by atoms with Crippen LogP contribution in [0.1, 0.15) is 31.4 Å². The van der Waals surface area contributed by atoms with Crippen LogP contribution in [0.25, 0.3) is 0 Å². The summed E-state index contributed by atoms with van der Waals surface area (Å²) >= 11 is 1.60. The zero-order valence-corrected chi connectivity index (χ0v) is 12.1. The standard InChI is InChI=1S/C13H19N3O2S/c1-9-5-7-15-12(16-9)19-10-4-3-6-13(14,8-10)11(17)18-2/h5,7,10H,3-4,6,8,14H2,1-2H3. The van der Waals surface area contributed by atoms with Gasteiger partial charge in [0.15, 0.2) is 5.16 Å². The number of nitrogens with two attached hydrogens (primary N) is 1. The zero-order valence-electron chi connectivity index (χ0n) is 11.3. The fraction of sp³-hybridized carbons (Fsp3) is 0.615. The lowest BCUT2D eigenvalue weighted by atomic mass is 9.82. The number of hydrogen-bond donors (Lipinski definition) is 1. The van der Waals surface area contributed by atoms with Crippen LogP contribution in [0.5, 0.6) is 0 Å². The van der Waals surface area contributed by atoms with Gasteiger partial charge in [0.05, 0.1) is 7.11 Å². The van der Waals surface area contributed by atoms with Crippen molar-refractivity contribution in [2.75, 3.05) is 7.11 Å². The maximum absolute atomic E-state index is 11.8. The third-order valence-corrected chi connectivity index (χ3v) is 4.52. The van der Waals surface area contributed by atoms with Gasteiger partial charge in [0.1, 0.15) is 5.54 Å². The number of aromatic nitrogens is 2. The first-order valence-corrected chi connectivity index (χ1v) is 7.25. The van der Waals surface area contributed by atoms with Crippen LogP contribution in [0.3, 0.4) is 0 Å². The molecule has 2 unspecified atom stereocenters. The SMILES string of the molecule is COC(=O)C1(N)CCCC(Sc2nccc(C)n2)C1. The highest BCUT2D eigenvalue weighted by molar-refractivity contribution is 7.99. The molecule has 1 aliphatic rings. The van der Waals surface area contributed by atoms with Crippen LogP contribution in [0.2, 0.25) is 0 Å². The molecule has 0 radical (unpaired) electrons. The molecule has 1 aromatic heterocycles. The Balaban J connectivity index is 2.04. The summed E-state index contributed by atoms with van der Waals surface area (Å²) in [5.41, 5.74) is 6.25. The molecule has 1 saturated carbocycles. The minimum absolute atomic E-state index is 0.264. The Bertz CT molecular complexity index is 469. The molecular weight excluding hydrogens is 262 g/mol. The molecule has 1 aromatic rings. The average molecular weight is 281 g/mol. The average Bonchev–Trinajstić information content (AvgIpc) is 2.38. The van der Waals surface area contributed by atoms with Crippen LogP contribution in [-0.2, 0) is 9.53 Å². The number of aryl methyl sites for hydroxylation is 1. The second-order valence-corrected chi connectivity index (χ2v) is 6.23. The molecule has 0 saturated heterocycles. The summed E-state index contributed by atoms with van der Waals surface area (Å²) in [6, 6.07) is 1.87. The lowest BCUT2D eigenvalue weighted by molar-refractivity contribution is -0.148. The minimum Gasteiger partial charge on any atom is -0.468 e. The summed E-state index contributed by atoms with van der Waals surface area (Å²) in [4.78, 5) is 20.4. The number of nitrogens with zero attached hydrogens (tertiary/aromatic N) is 2. The van der Waals surface area contributed by atoms with Gasteiger partial charge in [-0.15, -0.1) is 0 Å². The highest BCUT2D eigenvalue weighted by Crippen LogP contribution is 2.36. The zero-order chi connectivity index (χ0) is 13.9. The largest absolute Gasteiger partial charge is 0.468 e. The number of hydrogen-bond acceptors (Lipinski definition) is 6. The Morgan fingerprint density at radius 1 is 1.63 bits per heavy atom. The normalized spacial score (nSPS) is 27.0. The number of rotatable bonds is 3. The van der Waals surface area contributed by atoms with Crippen molar-refractivity contribution in [3.05, 3.63) is 18.0 Å². The van der Waals surface area contributed by atoms with Gasteiger partial charge < -0.3 is 10.5 Å². The molecule has 6 heteroatoms. The Hall–Kier alpha value is -1.14. The van der Waals surface area contributed by atoms with Crippen molar-refractivity contribution < 1.29 is 9.53 Å². The summed E-state index contributed by atoms with van der Waals surface area (Å²) in [5.74, 6) is -0.317. The second-order valence-electron chi connectivity index (χ2n) is 4.96. The van der Waals surface area contributed by atoms with Crippen molar-refractivity contribution in [1.29, 1.82) is 0 Å². The van der Waals surface area contributed by atoms with Crippen LogP contribution in [-0.4, -0.2) is 33.8 Å². The molecule has 19 heavy (non-hydrogen) atoms. The summed E-state index contributed by atoms with van der Waals surface area (Å²) in [5, 5.41) is 1.01. The molecule has 0 bridgehead atoms. The second kappa shape index (κ2) is 5.88. The Morgan fingerprint density at radius 3 is 3.11 bits per heavy atom. The van der Waals surface area contributed by atoms with Gasteiger partial charge in [0, 0.05) is 17.1 Å². The fourth-order valence-electron chi connectivity index (χ4n) is 2.38. The molecule has 0 amide bonds. The summed E-state index contributed by atoms with van der Waals surface area (Å²) in [7, 11) is 1.39. The lowest BCUT2D eigenvalue weighted by Gasteiger charge is -2.34. The van der Waals surface area contributed by atoms with Crippen molar-refractivity contribution in [3.63, 3.8) is 0 Å².